The average Bonchev–Trinajstić information content (AvgIpc) is 2.55. The first-order chi connectivity index (χ1) is 10.5. The maximum atomic E-state index is 11.2. The predicted octanol–water partition coefficient (Wildman–Crippen LogP) is 2.95. The Kier molecular flexibility index (Phi) is 12.0. The van der Waals surface area contributed by atoms with Crippen LogP contribution in [-0.4, -0.2) is 54.9 Å². The number of aliphatic hydroxyl groups is 1. The number of phenols is 1. The second-order valence-electron chi connectivity index (χ2n) is 4.47. The van der Waals surface area contributed by atoms with Crippen LogP contribution in [0.25, 0.3) is 0 Å². The number of ether oxygens (including phenoxy) is 1. The zero-order valence-electron chi connectivity index (χ0n) is 12.9. The van der Waals surface area contributed by atoms with Crippen LogP contribution < -0.4 is 0 Å². The summed E-state index contributed by atoms with van der Waals surface area (Å²) in [6.07, 6.45) is 3.56. The highest BCUT2D eigenvalue weighted by molar-refractivity contribution is 6.42. The molecule has 0 unspecified atom stereocenters. The van der Waals surface area contributed by atoms with Crippen LogP contribution >= 0.6 is 23.2 Å². The molecule has 1 saturated heterocycles. The van der Waals surface area contributed by atoms with Gasteiger partial charge in [0.05, 0.1) is 10.0 Å². The van der Waals surface area contributed by atoms with Crippen molar-refractivity contribution in [1.29, 1.82) is 0 Å². The fourth-order valence-electron chi connectivity index (χ4n) is 1.84. The fourth-order valence-corrected chi connectivity index (χ4v) is 2.14. The number of carbonyl (C=O) groups excluding carboxylic acids is 1. The zero-order valence-corrected chi connectivity index (χ0v) is 14.4. The molecule has 0 aromatic heterocycles. The largest absolute Gasteiger partial charge is 0.508 e. The van der Waals surface area contributed by atoms with Crippen LogP contribution in [0.1, 0.15) is 19.3 Å². The van der Waals surface area contributed by atoms with Crippen molar-refractivity contribution in [2.45, 2.75) is 19.3 Å². The van der Waals surface area contributed by atoms with E-state index in [1.807, 2.05) is 4.90 Å². The van der Waals surface area contributed by atoms with E-state index in [4.69, 9.17) is 38.2 Å². The van der Waals surface area contributed by atoms with Gasteiger partial charge >= 0.3 is 0 Å². The lowest BCUT2D eigenvalue weighted by Crippen LogP contribution is -2.37. The standard InChI is InChI=1S/C8H15NO2.C6H4Cl2O.CH4O/c1-11-7-8(10)9-5-3-2-4-6-9;7-5-2-1-4(9)3-6(5)8;1-2/h2-7H2,1H3;1-3,9H;2H,1H3. The summed E-state index contributed by atoms with van der Waals surface area (Å²) in [7, 11) is 2.56. The number of rotatable bonds is 2. The summed E-state index contributed by atoms with van der Waals surface area (Å²) in [5.74, 6) is 0.261. The highest BCUT2D eigenvalue weighted by atomic mass is 35.5. The Bertz CT molecular complexity index is 438. The van der Waals surface area contributed by atoms with Crippen molar-refractivity contribution in [2.24, 2.45) is 0 Å². The second-order valence-corrected chi connectivity index (χ2v) is 5.29. The highest BCUT2D eigenvalue weighted by Crippen LogP contribution is 2.25. The molecule has 1 aliphatic rings. The summed E-state index contributed by atoms with van der Waals surface area (Å²) in [6, 6.07) is 4.41. The maximum Gasteiger partial charge on any atom is 0.248 e. The van der Waals surface area contributed by atoms with Gasteiger partial charge in [0.2, 0.25) is 5.91 Å². The van der Waals surface area contributed by atoms with Crippen LogP contribution in [-0.2, 0) is 9.53 Å². The van der Waals surface area contributed by atoms with Gasteiger partial charge in [0, 0.05) is 27.3 Å². The van der Waals surface area contributed by atoms with E-state index in [9.17, 15) is 4.79 Å². The molecular formula is C15H23Cl2NO4. The number of benzene rings is 1. The molecule has 5 nitrogen and oxygen atoms in total. The molecule has 1 aliphatic heterocycles. The summed E-state index contributed by atoms with van der Waals surface area (Å²) in [5, 5.41) is 16.6. The number of halogens is 2. The number of methoxy groups -OCH3 is 1. The predicted molar refractivity (Wildman–Crippen MR) is 88.6 cm³/mol. The Morgan fingerprint density at radius 3 is 2.23 bits per heavy atom. The van der Waals surface area contributed by atoms with Crippen LogP contribution in [0, 0.1) is 0 Å². The molecule has 0 bridgehead atoms. The molecule has 0 radical (unpaired) electrons. The van der Waals surface area contributed by atoms with E-state index in [0.29, 0.717) is 10.0 Å². The Labute approximate surface area is 141 Å². The minimum absolute atomic E-state index is 0.129. The average molecular weight is 352 g/mol. The monoisotopic (exact) mass is 351 g/mol. The molecule has 1 aromatic rings. The van der Waals surface area contributed by atoms with Crippen LogP contribution in [0.15, 0.2) is 18.2 Å². The molecule has 1 heterocycles. The number of amides is 1. The van der Waals surface area contributed by atoms with Crippen LogP contribution in [0.2, 0.25) is 10.0 Å². The highest BCUT2D eigenvalue weighted by Gasteiger charge is 2.15. The molecule has 1 fully saturated rings. The molecule has 0 aliphatic carbocycles. The van der Waals surface area contributed by atoms with Crippen LogP contribution in [0.3, 0.4) is 0 Å². The van der Waals surface area contributed by atoms with Gasteiger partial charge in [-0.15, -0.1) is 0 Å². The molecule has 0 spiro atoms. The van der Waals surface area contributed by atoms with E-state index < -0.39 is 0 Å². The molecule has 22 heavy (non-hydrogen) atoms. The molecule has 2 N–H and O–H groups in total. The van der Waals surface area contributed by atoms with Gasteiger partial charge in [0.25, 0.3) is 0 Å². The Hall–Kier alpha value is -1.01. The quantitative estimate of drug-likeness (QED) is 0.859. The zero-order chi connectivity index (χ0) is 17.0. The van der Waals surface area contributed by atoms with Crippen molar-refractivity contribution in [2.75, 3.05) is 33.9 Å². The smallest absolute Gasteiger partial charge is 0.248 e. The second kappa shape index (κ2) is 12.5. The van der Waals surface area contributed by atoms with Crippen molar-refractivity contribution in [3.05, 3.63) is 28.2 Å². The molecule has 7 heteroatoms. The summed E-state index contributed by atoms with van der Waals surface area (Å²) in [6.45, 7) is 2.07. The van der Waals surface area contributed by atoms with Gasteiger partial charge in [-0.3, -0.25) is 4.79 Å². The van der Waals surface area contributed by atoms with E-state index in [-0.39, 0.29) is 18.3 Å². The minimum atomic E-state index is 0.129. The number of hydrogen-bond donors (Lipinski definition) is 2. The summed E-state index contributed by atoms with van der Waals surface area (Å²) < 4.78 is 4.77. The fraction of sp³-hybridized carbons (Fsp3) is 0.533. The van der Waals surface area contributed by atoms with Gasteiger partial charge in [0.15, 0.2) is 0 Å². The molecule has 2 rings (SSSR count). The number of hydrogen-bond acceptors (Lipinski definition) is 4. The van der Waals surface area contributed by atoms with Gasteiger partial charge < -0.3 is 19.8 Å². The SMILES string of the molecule is CO.COCC(=O)N1CCCCC1.Oc1ccc(Cl)c(Cl)c1. The molecule has 0 atom stereocenters. The van der Waals surface area contributed by atoms with Crippen molar-refractivity contribution < 1.29 is 19.7 Å². The van der Waals surface area contributed by atoms with E-state index in [1.165, 1.54) is 18.6 Å². The molecule has 1 aromatic carbocycles. The van der Waals surface area contributed by atoms with Gasteiger partial charge in [-0.1, -0.05) is 23.2 Å². The third-order valence-electron chi connectivity index (χ3n) is 2.88. The van der Waals surface area contributed by atoms with E-state index in [1.54, 1.807) is 13.2 Å². The lowest BCUT2D eigenvalue weighted by atomic mass is 10.1. The third kappa shape index (κ3) is 8.44. The number of piperidine rings is 1. The molecule has 126 valence electrons. The van der Waals surface area contributed by atoms with Crippen molar-refractivity contribution in [3.8, 4) is 5.75 Å². The first-order valence-electron chi connectivity index (χ1n) is 6.90. The summed E-state index contributed by atoms with van der Waals surface area (Å²) in [4.78, 5) is 13.1. The minimum Gasteiger partial charge on any atom is -0.508 e. The first-order valence-corrected chi connectivity index (χ1v) is 7.65. The van der Waals surface area contributed by atoms with Crippen LogP contribution in [0.5, 0.6) is 5.75 Å². The number of phenolic OH excluding ortho intramolecular Hbond substituents is 1. The van der Waals surface area contributed by atoms with Gasteiger partial charge in [-0.25, -0.2) is 0 Å². The van der Waals surface area contributed by atoms with Crippen molar-refractivity contribution in [1.82, 2.24) is 4.90 Å². The number of likely N-dealkylation sites (tertiary alicyclic amines) is 1. The number of carbonyl (C=O) groups is 1. The lowest BCUT2D eigenvalue weighted by molar-refractivity contribution is -0.136. The molecule has 1 amide bonds. The Morgan fingerprint density at radius 2 is 1.77 bits per heavy atom. The van der Waals surface area contributed by atoms with E-state index in [2.05, 4.69) is 0 Å². The van der Waals surface area contributed by atoms with E-state index >= 15 is 0 Å². The van der Waals surface area contributed by atoms with Gasteiger partial charge in [-0.05, 0) is 37.5 Å². The Morgan fingerprint density at radius 1 is 1.18 bits per heavy atom. The van der Waals surface area contributed by atoms with Crippen LogP contribution in [0.4, 0.5) is 0 Å². The topological polar surface area (TPSA) is 70.0 Å². The lowest BCUT2D eigenvalue weighted by Gasteiger charge is -2.26. The normalized spacial score (nSPS) is 13.4. The van der Waals surface area contributed by atoms with Crippen molar-refractivity contribution >= 4 is 29.1 Å². The third-order valence-corrected chi connectivity index (χ3v) is 3.62. The molecule has 0 saturated carbocycles. The van der Waals surface area contributed by atoms with Gasteiger partial charge in [-0.2, -0.15) is 0 Å². The maximum absolute atomic E-state index is 11.2. The van der Waals surface area contributed by atoms with E-state index in [0.717, 1.165) is 33.0 Å². The Balaban J connectivity index is 0.000000366. The first kappa shape index (κ1) is 21.0. The summed E-state index contributed by atoms with van der Waals surface area (Å²) >= 11 is 11.1. The van der Waals surface area contributed by atoms with Gasteiger partial charge in [0.1, 0.15) is 12.4 Å². The summed E-state index contributed by atoms with van der Waals surface area (Å²) in [5.41, 5.74) is 0. The number of nitrogens with zero attached hydrogens (tertiary/aromatic N) is 1. The molecular weight excluding hydrogens is 329 g/mol. The number of aliphatic hydroxyl groups excluding tert-OH is 1. The van der Waals surface area contributed by atoms with Crippen molar-refractivity contribution in [3.63, 3.8) is 0 Å². The number of aromatic hydroxyl groups is 1.